The molecule has 2 aromatic rings. The summed E-state index contributed by atoms with van der Waals surface area (Å²) in [5.41, 5.74) is 0.926. The second-order valence-electron chi connectivity index (χ2n) is 4.57. The largest absolute Gasteiger partial charge is 0.387 e. The Morgan fingerprint density at radius 2 is 1.67 bits per heavy atom. The summed E-state index contributed by atoms with van der Waals surface area (Å²) in [6.45, 7) is 4.53. The Kier molecular flexibility index (Phi) is 10.8. The first kappa shape index (κ1) is 19.8. The van der Waals surface area contributed by atoms with E-state index in [1.54, 1.807) is 6.20 Å². The van der Waals surface area contributed by atoms with Gasteiger partial charge >= 0.3 is 0 Å². The summed E-state index contributed by atoms with van der Waals surface area (Å²) < 4.78 is 0. The molecule has 4 heteroatoms. The number of hydrogen-bond donors (Lipinski definition) is 1. The predicted molar refractivity (Wildman–Crippen MR) is 84.6 cm³/mol. The maximum Gasteiger partial charge on any atom is 0.128 e. The normalized spacial score (nSPS) is 10.7. The molecular weight excluding hydrogens is 432 g/mol. The molecule has 0 aliphatic rings. The number of pyridine rings is 1. The molecule has 0 amide bonds. The fourth-order valence-corrected chi connectivity index (χ4v) is 1.71. The van der Waals surface area contributed by atoms with Crippen LogP contribution in [0.4, 0.5) is 5.82 Å². The van der Waals surface area contributed by atoms with Crippen LogP contribution in [0, 0.1) is 6.42 Å². The van der Waals surface area contributed by atoms with Crippen LogP contribution >= 0.6 is 0 Å². The van der Waals surface area contributed by atoms with Gasteiger partial charge in [-0.1, -0.05) is 36.4 Å². The van der Waals surface area contributed by atoms with E-state index < -0.39 is 6.10 Å². The van der Waals surface area contributed by atoms with Crippen molar-refractivity contribution in [3.05, 3.63) is 66.7 Å². The number of anilines is 1. The number of benzene rings is 1. The molecule has 0 saturated carbocycles. The van der Waals surface area contributed by atoms with E-state index in [0.717, 1.165) is 11.4 Å². The monoisotopic (exact) mass is 455 g/mol. The van der Waals surface area contributed by atoms with Crippen molar-refractivity contribution >= 4 is 5.82 Å². The standard InChI is InChI=1S/C14H16N2O.C3H7.W/c1-16(14-9-5-6-10-15-14)11-13(17)12-7-3-2-4-8-12;1-3-2;/h2-10,13,17H,11H2,1H3;3H,1-2H3;/q;-1;. The van der Waals surface area contributed by atoms with E-state index in [0.29, 0.717) is 6.54 Å². The van der Waals surface area contributed by atoms with Crippen molar-refractivity contribution in [3.8, 4) is 0 Å². The zero-order valence-corrected chi connectivity index (χ0v) is 15.7. The van der Waals surface area contributed by atoms with E-state index >= 15 is 0 Å². The SMILES string of the molecule is CN(CC(O)c1ccccc1)c1ccccn1.C[CH-]C.[W]. The molecule has 1 heterocycles. The molecule has 3 nitrogen and oxygen atoms in total. The van der Waals surface area contributed by atoms with Crippen molar-refractivity contribution in [3.63, 3.8) is 0 Å². The fraction of sp³-hybridized carbons (Fsp3) is 0.294. The van der Waals surface area contributed by atoms with Crippen LogP contribution in [0.3, 0.4) is 0 Å². The molecule has 2 rings (SSSR count). The van der Waals surface area contributed by atoms with E-state index in [1.807, 2.05) is 80.7 Å². The first-order valence-corrected chi connectivity index (χ1v) is 6.78. The number of aliphatic hydroxyl groups is 1. The molecule has 1 N–H and O–H groups in total. The minimum atomic E-state index is -0.497. The van der Waals surface area contributed by atoms with Crippen molar-refractivity contribution in [1.82, 2.24) is 4.98 Å². The third-order valence-electron chi connectivity index (χ3n) is 2.67. The Labute approximate surface area is 142 Å². The van der Waals surface area contributed by atoms with Gasteiger partial charge in [0.15, 0.2) is 0 Å². The molecule has 0 radical (unpaired) electrons. The average molecular weight is 455 g/mol. The number of nitrogens with zero attached hydrogens (tertiary/aromatic N) is 2. The molecule has 1 aromatic heterocycles. The van der Waals surface area contributed by atoms with Gasteiger partial charge in [0.1, 0.15) is 5.82 Å². The molecule has 0 saturated heterocycles. The maximum atomic E-state index is 10.1. The maximum absolute atomic E-state index is 10.1. The van der Waals surface area contributed by atoms with Gasteiger partial charge in [-0.25, -0.2) is 4.98 Å². The van der Waals surface area contributed by atoms with Gasteiger partial charge in [-0.15, -0.1) is 0 Å². The first-order chi connectivity index (χ1) is 9.69. The summed E-state index contributed by atoms with van der Waals surface area (Å²) >= 11 is 0. The molecule has 1 unspecified atom stereocenters. The minimum absolute atomic E-state index is 0. The van der Waals surface area contributed by atoms with E-state index in [-0.39, 0.29) is 21.1 Å². The Morgan fingerprint density at radius 1 is 1.10 bits per heavy atom. The van der Waals surface area contributed by atoms with Crippen molar-refractivity contribution in [2.75, 3.05) is 18.5 Å². The summed E-state index contributed by atoms with van der Waals surface area (Å²) in [6, 6.07) is 15.4. The van der Waals surface area contributed by atoms with Gasteiger partial charge in [0.2, 0.25) is 0 Å². The van der Waals surface area contributed by atoms with Gasteiger partial charge in [0, 0.05) is 40.9 Å². The van der Waals surface area contributed by atoms with Gasteiger partial charge in [-0.05, 0) is 17.7 Å². The molecule has 0 bridgehead atoms. The average Bonchev–Trinajstić information content (AvgIpc) is 2.50. The topological polar surface area (TPSA) is 36.4 Å². The van der Waals surface area contributed by atoms with Gasteiger partial charge in [0.05, 0.1) is 6.10 Å². The third kappa shape index (κ3) is 7.40. The number of likely N-dealkylation sites (N-methyl/N-ethyl adjacent to an activating group) is 1. The molecule has 1 atom stereocenters. The number of aliphatic hydroxyl groups excluding tert-OH is 1. The minimum Gasteiger partial charge on any atom is -0.387 e. The van der Waals surface area contributed by atoms with Crippen molar-refractivity contribution in [1.29, 1.82) is 0 Å². The molecule has 1 aromatic carbocycles. The van der Waals surface area contributed by atoms with E-state index in [4.69, 9.17) is 0 Å². The summed E-state index contributed by atoms with van der Waals surface area (Å²) in [7, 11) is 1.93. The number of rotatable bonds is 4. The van der Waals surface area contributed by atoms with Gasteiger partial charge in [0.25, 0.3) is 0 Å². The first-order valence-electron chi connectivity index (χ1n) is 6.78. The summed E-state index contributed by atoms with van der Waals surface area (Å²) in [6.07, 6.45) is 3.25. The van der Waals surface area contributed by atoms with Crippen molar-refractivity contribution in [2.45, 2.75) is 20.0 Å². The van der Waals surface area contributed by atoms with E-state index in [2.05, 4.69) is 4.98 Å². The Balaban J connectivity index is 0.000000922. The molecule has 0 spiro atoms. The second-order valence-corrected chi connectivity index (χ2v) is 4.57. The van der Waals surface area contributed by atoms with Crippen LogP contribution in [0.1, 0.15) is 25.5 Å². The van der Waals surface area contributed by atoms with Crippen LogP contribution < -0.4 is 4.90 Å². The molecule has 0 aliphatic heterocycles. The van der Waals surface area contributed by atoms with Crippen LogP contribution in [0.2, 0.25) is 0 Å². The number of aromatic nitrogens is 1. The van der Waals surface area contributed by atoms with Gasteiger partial charge in [-0.3, -0.25) is 0 Å². The molecule has 0 fully saturated rings. The summed E-state index contributed by atoms with van der Waals surface area (Å²) in [4.78, 5) is 6.18. The second kappa shape index (κ2) is 11.5. The summed E-state index contributed by atoms with van der Waals surface area (Å²) in [5, 5.41) is 10.1. The zero-order valence-electron chi connectivity index (χ0n) is 12.8. The Morgan fingerprint density at radius 3 is 2.19 bits per heavy atom. The van der Waals surface area contributed by atoms with Crippen molar-refractivity contribution in [2.24, 2.45) is 0 Å². The van der Waals surface area contributed by atoms with Crippen LogP contribution in [0.25, 0.3) is 0 Å². The number of hydrogen-bond acceptors (Lipinski definition) is 3. The third-order valence-corrected chi connectivity index (χ3v) is 2.67. The summed E-state index contributed by atoms with van der Waals surface area (Å²) in [5.74, 6) is 0.863. The van der Waals surface area contributed by atoms with Crippen LogP contribution in [-0.2, 0) is 21.1 Å². The Bertz CT molecular complexity index is 421. The fourth-order valence-electron chi connectivity index (χ4n) is 1.71. The molecular formula is C17H23N2OW-. The predicted octanol–water partition coefficient (Wildman–Crippen LogP) is 3.48. The van der Waals surface area contributed by atoms with E-state index in [9.17, 15) is 5.11 Å². The van der Waals surface area contributed by atoms with Crippen LogP contribution in [0.15, 0.2) is 54.7 Å². The quantitative estimate of drug-likeness (QED) is 0.718. The zero-order chi connectivity index (χ0) is 14.8. The van der Waals surface area contributed by atoms with Crippen LogP contribution in [0.5, 0.6) is 0 Å². The van der Waals surface area contributed by atoms with Gasteiger partial charge in [-0.2, -0.15) is 13.8 Å². The van der Waals surface area contributed by atoms with Crippen LogP contribution in [-0.4, -0.2) is 23.7 Å². The van der Waals surface area contributed by atoms with E-state index in [1.165, 1.54) is 0 Å². The molecule has 0 aliphatic carbocycles. The van der Waals surface area contributed by atoms with Gasteiger partial charge < -0.3 is 16.4 Å². The van der Waals surface area contributed by atoms with Crippen molar-refractivity contribution < 1.29 is 26.2 Å². The Hall–Kier alpha value is -1.18. The molecule has 114 valence electrons. The smallest absolute Gasteiger partial charge is 0.128 e. The molecule has 21 heavy (non-hydrogen) atoms.